The first-order valence-corrected chi connectivity index (χ1v) is 13.4. The van der Waals surface area contributed by atoms with Crippen LogP contribution in [0.1, 0.15) is 57.2 Å². The van der Waals surface area contributed by atoms with E-state index in [-0.39, 0.29) is 29.8 Å². The van der Waals surface area contributed by atoms with E-state index >= 15 is 0 Å². The highest BCUT2D eigenvalue weighted by Crippen LogP contribution is 2.32. The van der Waals surface area contributed by atoms with E-state index in [1.54, 1.807) is 46.1 Å². The molecule has 1 saturated heterocycles. The predicted molar refractivity (Wildman–Crippen MR) is 144 cm³/mol. The van der Waals surface area contributed by atoms with Gasteiger partial charge in [-0.1, -0.05) is 30.3 Å². The quantitative estimate of drug-likeness (QED) is 0.343. The van der Waals surface area contributed by atoms with Crippen LogP contribution in [-0.2, 0) is 11.3 Å². The zero-order chi connectivity index (χ0) is 26.2. The Bertz CT molecular complexity index is 1520. The number of amides is 1. The Morgan fingerprint density at radius 1 is 1.08 bits per heavy atom. The minimum absolute atomic E-state index is 0.0191. The number of nitrogens with zero attached hydrogens (tertiary/aromatic N) is 5. The highest BCUT2D eigenvalue weighted by Gasteiger charge is 2.40. The Hall–Kier alpha value is -3.92. The Kier molecular flexibility index (Phi) is 6.49. The normalized spacial score (nSPS) is 17.7. The molecule has 1 fully saturated rings. The molecule has 1 aliphatic carbocycles. The standard InChI is InChI=1S/C28H25BrN6O3/c29-22-15-32-35-24(31-14-17-5-3-9-30-13-17)12-23(33-28(22)35)18-6-4-10-34(16-18)25(36)11-21-26(37)19-7-1-2-8-20(19)27(21)38/h1-3,5,7-9,12-13,15,18,21,31H,4,6,10-11,14,16H2. The third-order valence-corrected chi connectivity index (χ3v) is 7.87. The monoisotopic (exact) mass is 572 g/mol. The molecule has 1 amide bonds. The fourth-order valence-corrected chi connectivity index (χ4v) is 5.67. The van der Waals surface area contributed by atoms with Crippen LogP contribution in [0.3, 0.4) is 0 Å². The topological polar surface area (TPSA) is 110 Å². The molecule has 0 saturated carbocycles. The number of Topliss-reactive ketones (excluding diaryl/α,β-unsaturated/α-hetero) is 2. The van der Waals surface area contributed by atoms with Crippen LogP contribution in [0.25, 0.3) is 5.65 Å². The van der Waals surface area contributed by atoms with Gasteiger partial charge < -0.3 is 10.2 Å². The summed E-state index contributed by atoms with van der Waals surface area (Å²) in [5.41, 5.74) is 3.44. The van der Waals surface area contributed by atoms with Crippen LogP contribution in [0.2, 0.25) is 0 Å². The van der Waals surface area contributed by atoms with E-state index < -0.39 is 5.92 Å². The van der Waals surface area contributed by atoms with Crippen molar-refractivity contribution in [2.45, 2.75) is 31.7 Å². The highest BCUT2D eigenvalue weighted by atomic mass is 79.9. The molecule has 1 aliphatic heterocycles. The molecule has 1 aromatic carbocycles. The maximum atomic E-state index is 13.3. The first-order chi connectivity index (χ1) is 18.5. The van der Waals surface area contributed by atoms with Crippen molar-refractivity contribution >= 4 is 44.9 Å². The van der Waals surface area contributed by atoms with Crippen LogP contribution < -0.4 is 5.32 Å². The highest BCUT2D eigenvalue weighted by molar-refractivity contribution is 9.10. The third kappa shape index (κ3) is 4.49. The predicted octanol–water partition coefficient (Wildman–Crippen LogP) is 4.29. The molecule has 1 atom stereocenters. The number of aromatic nitrogens is 4. The van der Waals surface area contributed by atoms with Crippen LogP contribution in [0.5, 0.6) is 0 Å². The van der Waals surface area contributed by atoms with Gasteiger partial charge in [0, 0.05) is 61.6 Å². The number of fused-ring (bicyclic) bond motifs is 2. The smallest absolute Gasteiger partial charge is 0.223 e. The largest absolute Gasteiger partial charge is 0.366 e. The van der Waals surface area contributed by atoms with Crippen molar-refractivity contribution in [1.82, 2.24) is 24.5 Å². The van der Waals surface area contributed by atoms with Gasteiger partial charge >= 0.3 is 0 Å². The number of carbonyl (C=O) groups excluding carboxylic acids is 3. The van der Waals surface area contributed by atoms with Gasteiger partial charge in [0.15, 0.2) is 17.2 Å². The van der Waals surface area contributed by atoms with Crippen molar-refractivity contribution < 1.29 is 14.4 Å². The van der Waals surface area contributed by atoms with Crippen molar-refractivity contribution in [2.75, 3.05) is 18.4 Å². The van der Waals surface area contributed by atoms with E-state index in [2.05, 4.69) is 31.3 Å². The maximum Gasteiger partial charge on any atom is 0.223 e. The van der Waals surface area contributed by atoms with Gasteiger partial charge in [-0.25, -0.2) is 4.98 Å². The number of ketones is 2. The van der Waals surface area contributed by atoms with E-state index in [1.165, 1.54) is 0 Å². The van der Waals surface area contributed by atoms with Gasteiger partial charge in [0.25, 0.3) is 0 Å². The summed E-state index contributed by atoms with van der Waals surface area (Å²) in [5.74, 6) is -0.797. The Morgan fingerprint density at radius 3 is 2.61 bits per heavy atom. The molecule has 6 rings (SSSR count). The van der Waals surface area contributed by atoms with Gasteiger partial charge in [0.1, 0.15) is 5.82 Å². The molecule has 38 heavy (non-hydrogen) atoms. The van der Waals surface area contributed by atoms with E-state index in [0.717, 1.165) is 34.4 Å². The summed E-state index contributed by atoms with van der Waals surface area (Å²) in [4.78, 5) is 49.8. The van der Waals surface area contributed by atoms with Crippen molar-refractivity contribution in [3.63, 3.8) is 0 Å². The van der Waals surface area contributed by atoms with E-state index in [0.29, 0.717) is 36.4 Å². The summed E-state index contributed by atoms with van der Waals surface area (Å²) in [5, 5.41) is 7.89. The van der Waals surface area contributed by atoms with Crippen molar-refractivity contribution in [1.29, 1.82) is 0 Å². The minimum atomic E-state index is -0.930. The Balaban J connectivity index is 1.20. The van der Waals surface area contributed by atoms with Crippen LogP contribution in [0, 0.1) is 5.92 Å². The summed E-state index contributed by atoms with van der Waals surface area (Å²) in [6.07, 6.45) is 6.87. The molecular weight excluding hydrogens is 548 g/mol. The molecular formula is C28H25BrN6O3. The second-order valence-corrected chi connectivity index (χ2v) is 10.6. The number of carbonyl (C=O) groups is 3. The number of piperidine rings is 1. The molecule has 1 N–H and O–H groups in total. The fourth-order valence-electron chi connectivity index (χ4n) is 5.33. The van der Waals surface area contributed by atoms with Gasteiger partial charge in [-0.05, 0) is 40.4 Å². The first-order valence-electron chi connectivity index (χ1n) is 12.6. The summed E-state index contributed by atoms with van der Waals surface area (Å²) < 4.78 is 2.54. The van der Waals surface area contributed by atoms with E-state index in [1.807, 2.05) is 24.4 Å². The molecule has 0 bridgehead atoms. The molecule has 4 heterocycles. The second-order valence-electron chi connectivity index (χ2n) is 9.72. The first kappa shape index (κ1) is 24.4. The number of pyridine rings is 1. The lowest BCUT2D eigenvalue weighted by molar-refractivity contribution is -0.132. The summed E-state index contributed by atoms with van der Waals surface area (Å²) in [7, 11) is 0. The van der Waals surface area contributed by atoms with Crippen LogP contribution in [-0.4, -0.2) is 55.0 Å². The summed E-state index contributed by atoms with van der Waals surface area (Å²) >= 11 is 3.55. The van der Waals surface area contributed by atoms with Crippen molar-refractivity contribution in [2.24, 2.45) is 5.92 Å². The SMILES string of the molecule is O=C1c2ccccc2C(=O)C1CC(=O)N1CCCC(c2cc(NCc3cccnc3)n3ncc(Br)c3n2)C1. The van der Waals surface area contributed by atoms with Crippen LogP contribution >= 0.6 is 15.9 Å². The van der Waals surface area contributed by atoms with Gasteiger partial charge in [0.2, 0.25) is 5.91 Å². The molecule has 3 aromatic heterocycles. The maximum absolute atomic E-state index is 13.3. The van der Waals surface area contributed by atoms with Gasteiger partial charge in [-0.3, -0.25) is 19.4 Å². The molecule has 0 radical (unpaired) electrons. The van der Waals surface area contributed by atoms with Gasteiger partial charge in [-0.2, -0.15) is 9.61 Å². The molecule has 2 aliphatic rings. The lowest BCUT2D eigenvalue weighted by Gasteiger charge is -2.33. The van der Waals surface area contributed by atoms with Crippen LogP contribution in [0.4, 0.5) is 5.82 Å². The molecule has 4 aromatic rings. The fraction of sp³-hybridized carbons (Fsp3) is 0.286. The number of anilines is 1. The average Bonchev–Trinajstić information content (AvgIpc) is 3.45. The minimum Gasteiger partial charge on any atom is -0.366 e. The molecule has 0 spiro atoms. The Labute approximate surface area is 227 Å². The number of halogens is 1. The van der Waals surface area contributed by atoms with Gasteiger partial charge in [-0.15, -0.1) is 0 Å². The number of likely N-dealkylation sites (tertiary alicyclic amines) is 1. The number of nitrogens with one attached hydrogen (secondary N) is 1. The van der Waals surface area contributed by atoms with E-state index in [9.17, 15) is 14.4 Å². The number of rotatable bonds is 6. The third-order valence-electron chi connectivity index (χ3n) is 7.31. The molecule has 9 nitrogen and oxygen atoms in total. The van der Waals surface area contributed by atoms with Crippen LogP contribution in [0.15, 0.2) is 65.5 Å². The lowest BCUT2D eigenvalue weighted by atomic mass is 9.93. The number of benzene rings is 1. The second kappa shape index (κ2) is 10.1. The average molecular weight is 573 g/mol. The molecule has 10 heteroatoms. The van der Waals surface area contributed by atoms with Crippen molar-refractivity contribution in [3.05, 3.63) is 87.9 Å². The van der Waals surface area contributed by atoms with E-state index in [4.69, 9.17) is 4.98 Å². The number of hydrogen-bond donors (Lipinski definition) is 1. The summed E-state index contributed by atoms with van der Waals surface area (Å²) in [6.45, 7) is 1.66. The van der Waals surface area contributed by atoms with Crippen molar-refractivity contribution in [3.8, 4) is 0 Å². The molecule has 192 valence electrons. The van der Waals surface area contributed by atoms with Gasteiger partial charge in [0.05, 0.1) is 22.3 Å². The Morgan fingerprint density at radius 2 is 1.87 bits per heavy atom. The zero-order valence-corrected chi connectivity index (χ0v) is 22.1. The zero-order valence-electron chi connectivity index (χ0n) is 20.5. The number of hydrogen-bond acceptors (Lipinski definition) is 7. The summed E-state index contributed by atoms with van der Waals surface area (Å²) in [6, 6.07) is 12.7. The molecule has 1 unspecified atom stereocenters. The lowest BCUT2D eigenvalue weighted by Crippen LogP contribution is -2.41.